The molecule has 1 rings (SSSR count). The second-order valence-electron chi connectivity index (χ2n) is 5.32. The third-order valence-corrected chi connectivity index (χ3v) is 4.32. The van der Waals surface area contributed by atoms with Crippen molar-refractivity contribution in [3.63, 3.8) is 0 Å². The molecule has 0 bridgehead atoms. The van der Waals surface area contributed by atoms with Crippen LogP contribution in [0.15, 0.2) is 0 Å². The van der Waals surface area contributed by atoms with Gasteiger partial charge in [0, 0.05) is 24.6 Å². The van der Waals surface area contributed by atoms with Gasteiger partial charge in [0.05, 0.1) is 0 Å². The van der Waals surface area contributed by atoms with Gasteiger partial charge in [-0.3, -0.25) is 0 Å². The number of nitrogens with zero attached hydrogens (tertiary/aromatic N) is 1. The molecule has 3 nitrogen and oxygen atoms in total. The van der Waals surface area contributed by atoms with Crippen molar-refractivity contribution >= 4 is 0 Å². The highest BCUT2D eigenvalue weighted by molar-refractivity contribution is 4.82. The maximum atomic E-state index is 9.50. The molecule has 0 aromatic rings. The highest BCUT2D eigenvalue weighted by Gasteiger charge is 2.26. The first-order valence-corrected chi connectivity index (χ1v) is 6.68. The van der Waals surface area contributed by atoms with Gasteiger partial charge < -0.3 is 15.3 Å². The fourth-order valence-electron chi connectivity index (χ4n) is 2.35. The lowest BCUT2D eigenvalue weighted by Crippen LogP contribution is -2.46. The average molecular weight is 228 g/mol. The van der Waals surface area contributed by atoms with E-state index in [1.54, 1.807) is 0 Å². The predicted octanol–water partition coefficient (Wildman–Crippen LogP) is 1.47. The van der Waals surface area contributed by atoms with Crippen LogP contribution < -0.4 is 5.32 Å². The summed E-state index contributed by atoms with van der Waals surface area (Å²) in [5.74, 6) is 0. The lowest BCUT2D eigenvalue weighted by molar-refractivity contribution is 0.104. The van der Waals surface area contributed by atoms with Gasteiger partial charge in [0.2, 0.25) is 0 Å². The molecule has 0 saturated carbocycles. The van der Waals surface area contributed by atoms with Crippen LogP contribution in [-0.4, -0.2) is 49.3 Å². The van der Waals surface area contributed by atoms with Crippen LogP contribution in [0.5, 0.6) is 0 Å². The molecule has 0 atom stereocenters. The number of hydrogen-bond donors (Lipinski definition) is 2. The van der Waals surface area contributed by atoms with Gasteiger partial charge in [-0.25, -0.2) is 0 Å². The fourth-order valence-corrected chi connectivity index (χ4v) is 2.35. The van der Waals surface area contributed by atoms with E-state index in [1.807, 2.05) is 0 Å². The van der Waals surface area contributed by atoms with Crippen molar-refractivity contribution < 1.29 is 5.11 Å². The number of hydrogen-bond acceptors (Lipinski definition) is 3. The van der Waals surface area contributed by atoms with Crippen molar-refractivity contribution in [2.75, 3.05) is 33.3 Å². The third-order valence-electron chi connectivity index (χ3n) is 4.32. The molecule has 0 spiro atoms. The van der Waals surface area contributed by atoms with E-state index in [0.717, 1.165) is 19.4 Å². The van der Waals surface area contributed by atoms with E-state index < -0.39 is 0 Å². The van der Waals surface area contributed by atoms with E-state index in [9.17, 15) is 5.11 Å². The first-order chi connectivity index (χ1) is 7.65. The highest BCUT2D eigenvalue weighted by atomic mass is 16.3. The number of rotatable bonds is 6. The number of aliphatic hydroxyl groups is 1. The standard InChI is InChI=1S/C13H28N2O/c1-4-13(5-2,11-16)10-14-12-6-8-15(3)9-7-12/h12,14,16H,4-11H2,1-3H3. The topological polar surface area (TPSA) is 35.5 Å². The van der Waals surface area contributed by atoms with Crippen LogP contribution in [0, 0.1) is 5.41 Å². The number of aliphatic hydroxyl groups excluding tert-OH is 1. The van der Waals surface area contributed by atoms with Gasteiger partial charge >= 0.3 is 0 Å². The monoisotopic (exact) mass is 228 g/mol. The van der Waals surface area contributed by atoms with E-state index in [2.05, 4.69) is 31.1 Å². The van der Waals surface area contributed by atoms with Crippen LogP contribution in [0.2, 0.25) is 0 Å². The molecule has 0 amide bonds. The summed E-state index contributed by atoms with van der Waals surface area (Å²) >= 11 is 0. The van der Waals surface area contributed by atoms with Crippen LogP contribution in [0.4, 0.5) is 0 Å². The first-order valence-electron chi connectivity index (χ1n) is 6.68. The van der Waals surface area contributed by atoms with Crippen molar-refractivity contribution in [2.45, 2.75) is 45.6 Å². The van der Waals surface area contributed by atoms with E-state index in [4.69, 9.17) is 0 Å². The van der Waals surface area contributed by atoms with Crippen LogP contribution in [0.25, 0.3) is 0 Å². The molecule has 0 unspecified atom stereocenters. The van der Waals surface area contributed by atoms with Gasteiger partial charge in [0.15, 0.2) is 0 Å². The molecule has 1 heterocycles. The molecule has 3 heteroatoms. The zero-order valence-electron chi connectivity index (χ0n) is 11.1. The molecule has 0 aromatic carbocycles. The Morgan fingerprint density at radius 2 is 1.81 bits per heavy atom. The number of likely N-dealkylation sites (tertiary alicyclic amines) is 1. The summed E-state index contributed by atoms with van der Waals surface area (Å²) in [4.78, 5) is 2.39. The minimum Gasteiger partial charge on any atom is -0.396 e. The average Bonchev–Trinajstić information content (AvgIpc) is 2.34. The summed E-state index contributed by atoms with van der Waals surface area (Å²) in [5.41, 5.74) is 0.101. The SMILES string of the molecule is CCC(CC)(CO)CNC1CCN(C)CC1. The lowest BCUT2D eigenvalue weighted by atomic mass is 9.83. The highest BCUT2D eigenvalue weighted by Crippen LogP contribution is 2.25. The van der Waals surface area contributed by atoms with Crippen molar-refractivity contribution in [1.82, 2.24) is 10.2 Å². The Bertz CT molecular complexity index is 176. The second kappa shape index (κ2) is 6.58. The summed E-state index contributed by atoms with van der Waals surface area (Å²) in [6.07, 6.45) is 4.59. The Kier molecular flexibility index (Phi) is 5.73. The van der Waals surface area contributed by atoms with E-state index in [-0.39, 0.29) is 5.41 Å². The quantitative estimate of drug-likeness (QED) is 0.722. The van der Waals surface area contributed by atoms with Gasteiger partial charge in [-0.1, -0.05) is 13.8 Å². The molecule has 1 aliphatic rings. The first kappa shape index (κ1) is 13.9. The number of piperidine rings is 1. The normalized spacial score (nSPS) is 20.2. The summed E-state index contributed by atoms with van der Waals surface area (Å²) < 4.78 is 0. The lowest BCUT2D eigenvalue weighted by Gasteiger charge is -2.35. The maximum Gasteiger partial charge on any atom is 0.0499 e. The Hall–Kier alpha value is -0.120. The van der Waals surface area contributed by atoms with Crippen molar-refractivity contribution in [3.8, 4) is 0 Å². The van der Waals surface area contributed by atoms with Gasteiger partial charge in [-0.05, 0) is 45.8 Å². The zero-order valence-corrected chi connectivity index (χ0v) is 11.1. The molecule has 0 aromatic heterocycles. The number of nitrogens with one attached hydrogen (secondary N) is 1. The molecule has 0 radical (unpaired) electrons. The van der Waals surface area contributed by atoms with Crippen LogP contribution in [0.1, 0.15) is 39.5 Å². The van der Waals surface area contributed by atoms with Gasteiger partial charge in [0.1, 0.15) is 0 Å². The largest absolute Gasteiger partial charge is 0.396 e. The predicted molar refractivity (Wildman–Crippen MR) is 68.6 cm³/mol. The zero-order chi connectivity index (χ0) is 12.0. The third kappa shape index (κ3) is 3.72. The summed E-state index contributed by atoms with van der Waals surface area (Å²) in [6.45, 7) is 8.01. The molecule has 96 valence electrons. The van der Waals surface area contributed by atoms with Crippen molar-refractivity contribution in [3.05, 3.63) is 0 Å². The van der Waals surface area contributed by atoms with Gasteiger partial charge in [-0.2, -0.15) is 0 Å². The van der Waals surface area contributed by atoms with Crippen molar-refractivity contribution in [2.24, 2.45) is 5.41 Å². The minimum atomic E-state index is 0.101. The van der Waals surface area contributed by atoms with Gasteiger partial charge in [-0.15, -0.1) is 0 Å². The molecule has 1 saturated heterocycles. The van der Waals surface area contributed by atoms with Crippen LogP contribution in [-0.2, 0) is 0 Å². The molecule has 16 heavy (non-hydrogen) atoms. The van der Waals surface area contributed by atoms with E-state index in [0.29, 0.717) is 12.6 Å². The summed E-state index contributed by atoms with van der Waals surface area (Å²) in [5, 5.41) is 13.1. The van der Waals surface area contributed by atoms with E-state index >= 15 is 0 Å². The summed E-state index contributed by atoms with van der Waals surface area (Å²) in [7, 11) is 2.19. The fraction of sp³-hybridized carbons (Fsp3) is 1.00. The molecule has 1 fully saturated rings. The smallest absolute Gasteiger partial charge is 0.0499 e. The summed E-state index contributed by atoms with van der Waals surface area (Å²) in [6, 6.07) is 0.653. The molecular formula is C13H28N2O. The molecular weight excluding hydrogens is 200 g/mol. The Morgan fingerprint density at radius 1 is 1.25 bits per heavy atom. The van der Waals surface area contributed by atoms with Gasteiger partial charge in [0.25, 0.3) is 0 Å². The van der Waals surface area contributed by atoms with Crippen LogP contribution >= 0.6 is 0 Å². The van der Waals surface area contributed by atoms with Crippen LogP contribution in [0.3, 0.4) is 0 Å². The Labute approximate surface area is 100 Å². The van der Waals surface area contributed by atoms with E-state index in [1.165, 1.54) is 25.9 Å². The molecule has 1 aliphatic heterocycles. The Morgan fingerprint density at radius 3 is 2.25 bits per heavy atom. The second-order valence-corrected chi connectivity index (χ2v) is 5.32. The van der Waals surface area contributed by atoms with Crippen molar-refractivity contribution in [1.29, 1.82) is 0 Å². The maximum absolute atomic E-state index is 9.50. The Balaban J connectivity index is 2.32. The molecule has 0 aliphatic carbocycles. The minimum absolute atomic E-state index is 0.101. The molecule has 2 N–H and O–H groups in total.